The van der Waals surface area contributed by atoms with Gasteiger partial charge in [-0.2, -0.15) is 0 Å². The maximum atomic E-state index is 10.3. The van der Waals surface area contributed by atoms with Gasteiger partial charge in [0.25, 0.3) is 5.09 Å². The van der Waals surface area contributed by atoms with Crippen molar-refractivity contribution in [2.24, 2.45) is 11.8 Å². The van der Waals surface area contributed by atoms with Crippen LogP contribution < -0.4 is 0 Å². The van der Waals surface area contributed by atoms with Crippen molar-refractivity contribution in [3.8, 4) is 0 Å². The lowest BCUT2D eigenvalue weighted by Crippen LogP contribution is -2.33. The fraction of sp³-hybridized carbons (Fsp3) is 0.833. The van der Waals surface area contributed by atoms with Crippen molar-refractivity contribution < 1.29 is 19.8 Å². The summed E-state index contributed by atoms with van der Waals surface area (Å²) < 4.78 is 0. The molecular formula is C6H9NO5. The number of nitrogens with zero attached hydrogens (tertiary/aromatic N) is 1. The van der Waals surface area contributed by atoms with Gasteiger partial charge in [-0.25, -0.2) is 0 Å². The molecule has 1 aliphatic carbocycles. The molecule has 0 spiro atoms. The Morgan fingerprint density at radius 1 is 1.67 bits per heavy atom. The first-order valence-electron chi connectivity index (χ1n) is 3.59. The van der Waals surface area contributed by atoms with Crippen LogP contribution >= 0.6 is 0 Å². The summed E-state index contributed by atoms with van der Waals surface area (Å²) in [5.41, 5.74) is 0. The van der Waals surface area contributed by atoms with E-state index < -0.39 is 11.1 Å². The number of hydrogen-bond donors (Lipinski definition) is 1. The van der Waals surface area contributed by atoms with Crippen molar-refractivity contribution in [3.05, 3.63) is 10.1 Å². The van der Waals surface area contributed by atoms with Gasteiger partial charge in [-0.15, -0.1) is 10.1 Å². The molecule has 6 heteroatoms. The number of carboxylic acids is 1. The van der Waals surface area contributed by atoms with Crippen LogP contribution in [0.15, 0.2) is 0 Å². The highest BCUT2D eigenvalue weighted by Gasteiger charge is 2.34. The summed E-state index contributed by atoms with van der Waals surface area (Å²) in [6.45, 7) is 0.0246. The van der Waals surface area contributed by atoms with Crippen LogP contribution in [0, 0.1) is 22.0 Å². The maximum Gasteiger partial charge on any atom is 0.306 e. The number of carbonyl (C=O) groups is 1. The zero-order valence-corrected chi connectivity index (χ0v) is 6.30. The lowest BCUT2D eigenvalue weighted by Gasteiger charge is -2.30. The third kappa shape index (κ3) is 2.08. The van der Waals surface area contributed by atoms with Crippen LogP contribution in [0.5, 0.6) is 0 Å². The van der Waals surface area contributed by atoms with Gasteiger partial charge in [0, 0.05) is 0 Å². The second kappa shape index (κ2) is 3.38. The summed E-state index contributed by atoms with van der Waals surface area (Å²) >= 11 is 0. The third-order valence-electron chi connectivity index (χ3n) is 2.00. The van der Waals surface area contributed by atoms with E-state index in [0.29, 0.717) is 12.8 Å². The molecule has 1 N–H and O–H groups in total. The molecule has 0 radical (unpaired) electrons. The average molecular weight is 175 g/mol. The molecule has 0 heterocycles. The molecule has 1 saturated carbocycles. The normalized spacial score (nSPS) is 27.3. The standard InChI is InChI=1S/C6H9NO5/c8-6(9)5-1-4(2-5)3-12-7(10)11/h4-5H,1-3H2,(H,8,9). The van der Waals surface area contributed by atoms with Gasteiger partial charge < -0.3 is 9.94 Å². The highest BCUT2D eigenvalue weighted by atomic mass is 16.9. The van der Waals surface area contributed by atoms with Crippen molar-refractivity contribution in [1.29, 1.82) is 0 Å². The molecule has 1 aliphatic rings. The van der Waals surface area contributed by atoms with Gasteiger partial charge in [0.15, 0.2) is 0 Å². The Kier molecular flexibility index (Phi) is 2.47. The van der Waals surface area contributed by atoms with E-state index in [9.17, 15) is 14.9 Å². The van der Waals surface area contributed by atoms with E-state index in [1.165, 1.54) is 0 Å². The molecule has 0 atom stereocenters. The number of hydrogen-bond acceptors (Lipinski definition) is 4. The Bertz CT molecular complexity index is 195. The summed E-state index contributed by atoms with van der Waals surface area (Å²) in [6.07, 6.45) is 0.979. The number of aliphatic carboxylic acids is 1. The molecule has 0 aromatic carbocycles. The van der Waals surface area contributed by atoms with Gasteiger partial charge in [0.05, 0.1) is 12.5 Å². The fourth-order valence-corrected chi connectivity index (χ4v) is 1.24. The topological polar surface area (TPSA) is 89.7 Å². The predicted molar refractivity (Wildman–Crippen MR) is 36.8 cm³/mol. The van der Waals surface area contributed by atoms with Crippen LogP contribution in [0.2, 0.25) is 0 Å². The second-order valence-corrected chi connectivity index (χ2v) is 2.89. The highest BCUT2D eigenvalue weighted by molar-refractivity contribution is 5.71. The van der Waals surface area contributed by atoms with Crippen LogP contribution in [0.3, 0.4) is 0 Å². The van der Waals surface area contributed by atoms with Crippen LogP contribution in [-0.2, 0) is 9.63 Å². The first-order valence-corrected chi connectivity index (χ1v) is 3.59. The van der Waals surface area contributed by atoms with E-state index in [2.05, 4.69) is 4.84 Å². The van der Waals surface area contributed by atoms with E-state index in [4.69, 9.17) is 5.11 Å². The van der Waals surface area contributed by atoms with Gasteiger partial charge in [0.2, 0.25) is 0 Å². The van der Waals surface area contributed by atoms with Gasteiger partial charge in [-0.1, -0.05) is 0 Å². The van der Waals surface area contributed by atoms with E-state index >= 15 is 0 Å². The molecule has 0 amide bonds. The van der Waals surface area contributed by atoms with E-state index in [-0.39, 0.29) is 18.4 Å². The maximum absolute atomic E-state index is 10.3. The second-order valence-electron chi connectivity index (χ2n) is 2.89. The van der Waals surface area contributed by atoms with Crippen LogP contribution in [0.1, 0.15) is 12.8 Å². The summed E-state index contributed by atoms with van der Waals surface area (Å²) in [6, 6.07) is 0. The zero-order valence-electron chi connectivity index (χ0n) is 6.30. The molecule has 0 aliphatic heterocycles. The lowest BCUT2D eigenvalue weighted by atomic mass is 9.75. The van der Waals surface area contributed by atoms with Crippen LogP contribution in [0.4, 0.5) is 0 Å². The number of rotatable bonds is 4. The van der Waals surface area contributed by atoms with Crippen molar-refractivity contribution in [2.45, 2.75) is 12.8 Å². The Morgan fingerprint density at radius 3 is 2.67 bits per heavy atom. The molecule has 0 unspecified atom stereocenters. The van der Waals surface area contributed by atoms with E-state index in [1.807, 2.05) is 0 Å². The summed E-state index contributed by atoms with van der Waals surface area (Å²) in [4.78, 5) is 24.1. The summed E-state index contributed by atoms with van der Waals surface area (Å²) in [5, 5.41) is 17.3. The average Bonchev–Trinajstić information content (AvgIpc) is 1.82. The fourth-order valence-electron chi connectivity index (χ4n) is 1.24. The Morgan fingerprint density at radius 2 is 2.25 bits per heavy atom. The third-order valence-corrected chi connectivity index (χ3v) is 2.00. The van der Waals surface area contributed by atoms with Gasteiger partial charge in [-0.05, 0) is 18.8 Å². The monoisotopic (exact) mass is 175 g/mol. The number of carboxylic acid groups (broad SMARTS) is 1. The zero-order chi connectivity index (χ0) is 9.14. The molecule has 6 nitrogen and oxygen atoms in total. The highest BCUT2D eigenvalue weighted by Crippen LogP contribution is 2.33. The minimum atomic E-state index is -0.853. The van der Waals surface area contributed by atoms with E-state index in [0.717, 1.165) is 0 Å². The molecule has 1 fully saturated rings. The minimum Gasteiger partial charge on any atom is -0.481 e. The molecule has 1 rings (SSSR count). The Labute approximate surface area is 68.2 Å². The molecule has 12 heavy (non-hydrogen) atoms. The molecule has 0 aromatic heterocycles. The Hall–Kier alpha value is -1.33. The van der Waals surface area contributed by atoms with Crippen LogP contribution in [0.25, 0.3) is 0 Å². The largest absolute Gasteiger partial charge is 0.481 e. The van der Waals surface area contributed by atoms with Crippen molar-refractivity contribution in [2.75, 3.05) is 6.61 Å². The SMILES string of the molecule is O=C(O)C1CC(CO[N+](=O)[O-])C1. The first kappa shape index (κ1) is 8.76. The quantitative estimate of drug-likeness (QED) is 0.490. The lowest BCUT2D eigenvalue weighted by molar-refractivity contribution is -0.759. The van der Waals surface area contributed by atoms with Crippen molar-refractivity contribution >= 4 is 5.97 Å². The predicted octanol–water partition coefficient (Wildman–Crippen LogP) is 0.306. The summed E-state index contributed by atoms with van der Waals surface area (Å²) in [7, 11) is 0. The van der Waals surface area contributed by atoms with Crippen LogP contribution in [-0.4, -0.2) is 22.8 Å². The van der Waals surface area contributed by atoms with Gasteiger partial charge >= 0.3 is 5.97 Å². The van der Waals surface area contributed by atoms with Gasteiger partial charge in [0.1, 0.15) is 0 Å². The Balaban J connectivity index is 2.10. The summed E-state index contributed by atoms with van der Waals surface area (Å²) in [5.74, 6) is -1.12. The van der Waals surface area contributed by atoms with Crippen molar-refractivity contribution in [1.82, 2.24) is 0 Å². The first-order chi connectivity index (χ1) is 5.59. The van der Waals surface area contributed by atoms with E-state index in [1.54, 1.807) is 0 Å². The molecular weight excluding hydrogens is 166 g/mol. The van der Waals surface area contributed by atoms with Gasteiger partial charge in [-0.3, -0.25) is 4.79 Å². The molecule has 0 bridgehead atoms. The smallest absolute Gasteiger partial charge is 0.306 e. The molecule has 68 valence electrons. The molecule has 0 saturated heterocycles. The molecule has 0 aromatic rings. The van der Waals surface area contributed by atoms with Crippen molar-refractivity contribution in [3.63, 3.8) is 0 Å². The minimum absolute atomic E-state index is 0.0246.